The first-order chi connectivity index (χ1) is 10.2. The Balaban J connectivity index is 0.000000272. The summed E-state index contributed by atoms with van der Waals surface area (Å²) >= 11 is 0. The van der Waals surface area contributed by atoms with Gasteiger partial charge in [0, 0.05) is 29.1 Å². The molecule has 2 aromatic rings. The van der Waals surface area contributed by atoms with Crippen molar-refractivity contribution in [2.24, 2.45) is 0 Å². The number of ketones is 2. The van der Waals surface area contributed by atoms with Gasteiger partial charge in [-0.05, 0) is 18.9 Å². The van der Waals surface area contributed by atoms with Gasteiger partial charge in [0.05, 0.1) is 6.33 Å². The normalized spacial score (nSPS) is 13.1. The predicted molar refractivity (Wildman–Crippen MR) is 81.3 cm³/mol. The lowest BCUT2D eigenvalue weighted by Crippen LogP contribution is -2.16. The second-order valence-electron chi connectivity index (χ2n) is 4.77. The summed E-state index contributed by atoms with van der Waals surface area (Å²) < 4.78 is 0. The van der Waals surface area contributed by atoms with Crippen molar-refractivity contribution in [1.82, 2.24) is 9.97 Å². The van der Waals surface area contributed by atoms with Gasteiger partial charge in [-0.2, -0.15) is 0 Å². The lowest BCUT2D eigenvalue weighted by Gasteiger charge is -2.14. The predicted octanol–water partition coefficient (Wildman–Crippen LogP) is 3.59. The molecular formula is C17H18N2O2. The third-order valence-electron chi connectivity index (χ3n) is 3.24. The lowest BCUT2D eigenvalue weighted by molar-refractivity contribution is 0.0981. The fourth-order valence-electron chi connectivity index (χ4n) is 2.14. The van der Waals surface area contributed by atoms with Crippen LogP contribution in [0.1, 0.15) is 46.9 Å². The minimum Gasteiger partial charge on any atom is -0.351 e. The van der Waals surface area contributed by atoms with E-state index >= 15 is 0 Å². The summed E-state index contributed by atoms with van der Waals surface area (Å²) in [5, 5.41) is 0. The maximum absolute atomic E-state index is 12.0. The average Bonchev–Trinajstić information content (AvgIpc) is 3.09. The second kappa shape index (κ2) is 7.33. The number of fused-ring (bicyclic) bond motifs is 1. The number of unbranched alkanes of at least 4 members (excludes halogenated alkanes) is 1. The van der Waals surface area contributed by atoms with Gasteiger partial charge in [0.15, 0.2) is 11.6 Å². The first-order valence-corrected chi connectivity index (χ1v) is 7.05. The molecule has 21 heavy (non-hydrogen) atoms. The number of rotatable bonds is 3. The van der Waals surface area contributed by atoms with Gasteiger partial charge >= 0.3 is 0 Å². The standard InChI is InChI=1S/C14H14O2.C3H4N2/c1-2-3-6-10-9-13(15)11-7-4-5-8-12(11)14(10)16;1-2-5-3-4-1/h4-5,7-9H,2-3,6H2,1H3;1-3H,(H,4,5). The zero-order valence-electron chi connectivity index (χ0n) is 12.0. The Hall–Kier alpha value is -2.49. The average molecular weight is 282 g/mol. The number of H-pyrrole nitrogens is 1. The zero-order chi connectivity index (χ0) is 15.1. The van der Waals surface area contributed by atoms with Gasteiger partial charge in [-0.25, -0.2) is 4.98 Å². The number of imidazole rings is 1. The summed E-state index contributed by atoms with van der Waals surface area (Å²) in [5.74, 6) is -0.0232. The topological polar surface area (TPSA) is 62.8 Å². The number of hydrogen-bond donors (Lipinski definition) is 1. The molecule has 0 spiro atoms. The smallest absolute Gasteiger partial charge is 0.189 e. The van der Waals surface area contributed by atoms with E-state index < -0.39 is 0 Å². The van der Waals surface area contributed by atoms with Crippen LogP contribution < -0.4 is 0 Å². The van der Waals surface area contributed by atoms with Gasteiger partial charge in [-0.15, -0.1) is 0 Å². The van der Waals surface area contributed by atoms with Crippen molar-refractivity contribution in [3.63, 3.8) is 0 Å². The molecule has 1 aliphatic carbocycles. The number of aromatic nitrogens is 2. The molecule has 108 valence electrons. The molecule has 1 heterocycles. The molecule has 1 aromatic carbocycles. The fraction of sp³-hybridized carbons (Fsp3) is 0.235. The lowest BCUT2D eigenvalue weighted by atomic mass is 9.87. The van der Waals surface area contributed by atoms with Gasteiger partial charge < -0.3 is 4.98 Å². The van der Waals surface area contributed by atoms with Crippen molar-refractivity contribution in [1.29, 1.82) is 0 Å². The number of benzene rings is 1. The van der Waals surface area contributed by atoms with Crippen LogP contribution in [0, 0.1) is 0 Å². The summed E-state index contributed by atoms with van der Waals surface area (Å²) in [4.78, 5) is 30.2. The molecule has 3 rings (SSSR count). The number of hydrogen-bond acceptors (Lipinski definition) is 3. The van der Waals surface area contributed by atoms with E-state index in [0.717, 1.165) is 12.8 Å². The van der Waals surface area contributed by atoms with E-state index in [0.29, 0.717) is 23.1 Å². The third-order valence-corrected chi connectivity index (χ3v) is 3.24. The van der Waals surface area contributed by atoms with Gasteiger partial charge in [-0.1, -0.05) is 37.6 Å². The summed E-state index contributed by atoms with van der Waals surface area (Å²) in [6.07, 6.45) is 9.27. The van der Waals surface area contributed by atoms with Crippen LogP contribution in [0.2, 0.25) is 0 Å². The Kier molecular flexibility index (Phi) is 5.21. The van der Waals surface area contributed by atoms with Gasteiger partial charge in [-0.3, -0.25) is 9.59 Å². The van der Waals surface area contributed by atoms with Crippen molar-refractivity contribution < 1.29 is 9.59 Å². The molecule has 0 saturated carbocycles. The molecule has 1 aromatic heterocycles. The number of allylic oxidation sites excluding steroid dienone is 2. The molecule has 0 unspecified atom stereocenters. The van der Waals surface area contributed by atoms with E-state index in [1.165, 1.54) is 6.08 Å². The molecule has 1 aliphatic rings. The van der Waals surface area contributed by atoms with Crippen LogP contribution in [0.4, 0.5) is 0 Å². The molecule has 0 aliphatic heterocycles. The van der Waals surface area contributed by atoms with Gasteiger partial charge in [0.1, 0.15) is 0 Å². The minimum atomic E-state index is -0.0405. The molecule has 4 heteroatoms. The van der Waals surface area contributed by atoms with Crippen LogP contribution in [-0.4, -0.2) is 21.5 Å². The summed E-state index contributed by atoms with van der Waals surface area (Å²) in [7, 11) is 0. The molecule has 4 nitrogen and oxygen atoms in total. The summed E-state index contributed by atoms with van der Waals surface area (Å²) in [5.41, 5.74) is 1.75. The van der Waals surface area contributed by atoms with E-state index in [1.807, 2.05) is 0 Å². The number of Topliss-reactive ketones (excluding diaryl/α,β-unsaturated/α-hetero) is 1. The van der Waals surface area contributed by atoms with Gasteiger partial charge in [0.2, 0.25) is 0 Å². The number of nitrogens with one attached hydrogen (secondary N) is 1. The molecule has 0 bridgehead atoms. The number of nitrogens with zero attached hydrogens (tertiary/aromatic N) is 1. The van der Waals surface area contributed by atoms with E-state index in [4.69, 9.17) is 0 Å². The first kappa shape index (κ1) is 14.9. The molecule has 0 fully saturated rings. The van der Waals surface area contributed by atoms with Gasteiger partial charge in [0.25, 0.3) is 0 Å². The van der Waals surface area contributed by atoms with Crippen LogP contribution in [-0.2, 0) is 0 Å². The molecule has 0 saturated heterocycles. The molecule has 0 atom stereocenters. The summed E-state index contributed by atoms with van der Waals surface area (Å²) in [6, 6.07) is 7.03. The highest BCUT2D eigenvalue weighted by Crippen LogP contribution is 2.23. The zero-order valence-corrected chi connectivity index (χ0v) is 12.0. The maximum atomic E-state index is 12.0. The quantitative estimate of drug-likeness (QED) is 0.935. The minimum absolute atomic E-state index is 0.0173. The van der Waals surface area contributed by atoms with Crippen molar-refractivity contribution in [2.75, 3.05) is 0 Å². The molecule has 1 N–H and O–H groups in total. The van der Waals surface area contributed by atoms with E-state index in [9.17, 15) is 9.59 Å². The van der Waals surface area contributed by atoms with E-state index in [-0.39, 0.29) is 11.6 Å². The van der Waals surface area contributed by atoms with Crippen molar-refractivity contribution in [3.8, 4) is 0 Å². The monoisotopic (exact) mass is 282 g/mol. The summed E-state index contributed by atoms with van der Waals surface area (Å²) in [6.45, 7) is 2.07. The Morgan fingerprint density at radius 2 is 1.90 bits per heavy atom. The molecule has 0 radical (unpaired) electrons. The number of carbonyl (C=O) groups is 2. The first-order valence-electron chi connectivity index (χ1n) is 7.05. The van der Waals surface area contributed by atoms with Crippen LogP contribution in [0.3, 0.4) is 0 Å². The molecule has 0 amide bonds. The SMILES string of the molecule is CCCCC1=CC(=O)c2ccccc2C1=O.c1c[nH]cn1. The maximum Gasteiger partial charge on any atom is 0.189 e. The number of aromatic amines is 1. The fourth-order valence-corrected chi connectivity index (χ4v) is 2.14. The highest BCUT2D eigenvalue weighted by Gasteiger charge is 2.24. The largest absolute Gasteiger partial charge is 0.351 e. The van der Waals surface area contributed by atoms with Crippen LogP contribution in [0.5, 0.6) is 0 Å². The Morgan fingerprint density at radius 3 is 2.48 bits per heavy atom. The van der Waals surface area contributed by atoms with Crippen LogP contribution in [0.15, 0.2) is 54.6 Å². The molecular weight excluding hydrogens is 264 g/mol. The second-order valence-corrected chi connectivity index (χ2v) is 4.77. The van der Waals surface area contributed by atoms with E-state index in [2.05, 4.69) is 16.9 Å². The van der Waals surface area contributed by atoms with Crippen molar-refractivity contribution >= 4 is 11.6 Å². The van der Waals surface area contributed by atoms with Crippen LogP contribution >= 0.6 is 0 Å². The highest BCUT2D eigenvalue weighted by atomic mass is 16.1. The third kappa shape index (κ3) is 3.75. The Morgan fingerprint density at radius 1 is 1.14 bits per heavy atom. The van der Waals surface area contributed by atoms with Crippen molar-refractivity contribution in [3.05, 3.63) is 65.8 Å². The Bertz CT molecular complexity index is 625. The van der Waals surface area contributed by atoms with E-state index in [1.54, 1.807) is 43.0 Å². The highest BCUT2D eigenvalue weighted by molar-refractivity contribution is 6.24. The Labute approximate surface area is 123 Å². The number of carbonyl (C=O) groups excluding carboxylic acids is 2. The van der Waals surface area contributed by atoms with Crippen molar-refractivity contribution in [2.45, 2.75) is 26.2 Å². The van der Waals surface area contributed by atoms with Crippen LogP contribution in [0.25, 0.3) is 0 Å².